The molecule has 6 nitrogen and oxygen atoms in total. The predicted octanol–water partition coefficient (Wildman–Crippen LogP) is 4.10. The summed E-state index contributed by atoms with van der Waals surface area (Å²) in [5.74, 6) is 1.47. The highest BCUT2D eigenvalue weighted by Crippen LogP contribution is 2.24. The smallest absolute Gasteiger partial charge is 0.387 e. The van der Waals surface area contributed by atoms with E-state index in [1.807, 2.05) is 20.8 Å². The van der Waals surface area contributed by atoms with Crippen molar-refractivity contribution in [3.63, 3.8) is 0 Å². The number of hydrogen-bond donors (Lipinski definition) is 2. The fourth-order valence-corrected chi connectivity index (χ4v) is 2.87. The lowest BCUT2D eigenvalue weighted by Gasteiger charge is -2.16. The molecule has 1 heterocycles. The molecule has 0 amide bonds. The first kappa shape index (κ1) is 24.9. The molecule has 29 heavy (non-hydrogen) atoms. The molecule has 0 saturated heterocycles. The molecular weight excluding hydrogens is 493 g/mol. The fraction of sp³-hybridized carbons (Fsp3) is 0.400. The van der Waals surface area contributed by atoms with Crippen molar-refractivity contribution in [2.75, 3.05) is 14.2 Å². The maximum absolute atomic E-state index is 12.6. The van der Waals surface area contributed by atoms with Gasteiger partial charge in [0.05, 0.1) is 19.3 Å². The molecule has 160 valence electrons. The molecule has 0 radical (unpaired) electrons. The van der Waals surface area contributed by atoms with Gasteiger partial charge in [0.2, 0.25) is 0 Å². The van der Waals surface area contributed by atoms with Gasteiger partial charge < -0.3 is 20.1 Å². The molecule has 0 unspecified atom stereocenters. The zero-order valence-electron chi connectivity index (χ0n) is 17.2. The molecule has 2 N–H and O–H groups in total. The third kappa shape index (κ3) is 6.98. The van der Waals surface area contributed by atoms with Gasteiger partial charge in [0.25, 0.3) is 0 Å². The second kappa shape index (κ2) is 11.7. The first-order valence-electron chi connectivity index (χ1n) is 8.83. The Morgan fingerprint density at radius 1 is 1.17 bits per heavy atom. The van der Waals surface area contributed by atoms with Gasteiger partial charge in [-0.2, -0.15) is 8.78 Å². The lowest BCUT2D eigenvalue weighted by atomic mass is 10.1. The number of methoxy groups -OCH3 is 1. The number of ether oxygens (including phenoxy) is 2. The zero-order chi connectivity index (χ0) is 20.7. The number of pyridine rings is 1. The molecule has 0 saturated carbocycles. The number of aromatic nitrogens is 1. The summed E-state index contributed by atoms with van der Waals surface area (Å²) < 4.78 is 35.2. The van der Waals surface area contributed by atoms with E-state index in [1.54, 1.807) is 38.6 Å². The van der Waals surface area contributed by atoms with Crippen LogP contribution in [-0.4, -0.2) is 31.7 Å². The standard InChI is InChI=1S/C20H26F2N4O2.HI/c1-12-6-7-17(28-19(21)22)15(8-12)10-25-20(23-4)26-11-16-14(3)18(27-5)13(2)9-24-16;/h6-9,19H,10-11H2,1-5H3,(H2,23,25,26);1H. The number of aliphatic imine (C=N–C) groups is 1. The summed E-state index contributed by atoms with van der Waals surface area (Å²) in [5.41, 5.74) is 4.33. The molecule has 0 bridgehead atoms. The van der Waals surface area contributed by atoms with Gasteiger partial charge >= 0.3 is 6.61 Å². The third-order valence-electron chi connectivity index (χ3n) is 4.27. The highest BCUT2D eigenvalue weighted by molar-refractivity contribution is 14.0. The SMILES string of the molecule is CN=C(NCc1cc(C)ccc1OC(F)F)NCc1ncc(C)c(OC)c1C.I. The predicted molar refractivity (Wildman–Crippen MR) is 121 cm³/mol. The number of hydrogen-bond acceptors (Lipinski definition) is 4. The number of nitrogens with zero attached hydrogens (tertiary/aromatic N) is 2. The van der Waals surface area contributed by atoms with E-state index < -0.39 is 6.61 Å². The van der Waals surface area contributed by atoms with Crippen LogP contribution in [0, 0.1) is 20.8 Å². The molecular formula is C20H27F2IN4O2. The van der Waals surface area contributed by atoms with E-state index in [9.17, 15) is 8.78 Å². The lowest BCUT2D eigenvalue weighted by molar-refractivity contribution is -0.0504. The van der Waals surface area contributed by atoms with Crippen molar-refractivity contribution in [1.82, 2.24) is 15.6 Å². The summed E-state index contributed by atoms with van der Waals surface area (Å²) >= 11 is 0. The molecule has 0 spiro atoms. The van der Waals surface area contributed by atoms with Gasteiger partial charge in [0.1, 0.15) is 11.5 Å². The molecule has 2 rings (SSSR count). The number of alkyl halides is 2. The molecule has 2 aromatic rings. The Bertz CT molecular complexity index is 847. The Kier molecular flexibility index (Phi) is 10.1. The van der Waals surface area contributed by atoms with E-state index in [4.69, 9.17) is 4.74 Å². The number of aryl methyl sites for hydroxylation is 2. The van der Waals surface area contributed by atoms with Gasteiger partial charge in [-0.1, -0.05) is 17.7 Å². The fourth-order valence-electron chi connectivity index (χ4n) is 2.87. The van der Waals surface area contributed by atoms with Crippen molar-refractivity contribution in [1.29, 1.82) is 0 Å². The van der Waals surface area contributed by atoms with Crippen LogP contribution in [0.2, 0.25) is 0 Å². The monoisotopic (exact) mass is 520 g/mol. The molecule has 1 aromatic heterocycles. The van der Waals surface area contributed by atoms with Crippen molar-refractivity contribution in [3.8, 4) is 11.5 Å². The average molecular weight is 520 g/mol. The van der Waals surface area contributed by atoms with E-state index in [0.717, 1.165) is 28.1 Å². The molecule has 0 fully saturated rings. The number of halogens is 3. The van der Waals surface area contributed by atoms with Crippen LogP contribution in [0.15, 0.2) is 29.4 Å². The summed E-state index contributed by atoms with van der Waals surface area (Å²) in [6.07, 6.45) is 1.76. The minimum absolute atomic E-state index is 0. The number of rotatable bonds is 7. The highest BCUT2D eigenvalue weighted by Gasteiger charge is 2.12. The minimum Gasteiger partial charge on any atom is -0.496 e. The van der Waals surface area contributed by atoms with Gasteiger partial charge in [-0.05, 0) is 26.8 Å². The third-order valence-corrected chi connectivity index (χ3v) is 4.27. The first-order valence-corrected chi connectivity index (χ1v) is 8.83. The quantitative estimate of drug-likeness (QED) is 0.327. The van der Waals surface area contributed by atoms with E-state index in [-0.39, 0.29) is 36.3 Å². The first-order chi connectivity index (χ1) is 13.3. The zero-order valence-corrected chi connectivity index (χ0v) is 19.5. The van der Waals surface area contributed by atoms with Crippen LogP contribution >= 0.6 is 24.0 Å². The van der Waals surface area contributed by atoms with E-state index in [1.165, 1.54) is 0 Å². The summed E-state index contributed by atoms with van der Waals surface area (Å²) in [5, 5.41) is 6.29. The van der Waals surface area contributed by atoms with E-state index in [0.29, 0.717) is 18.1 Å². The number of nitrogens with one attached hydrogen (secondary N) is 2. The Morgan fingerprint density at radius 2 is 1.86 bits per heavy atom. The number of guanidine groups is 1. The topological polar surface area (TPSA) is 67.8 Å². The maximum atomic E-state index is 12.6. The second-order valence-electron chi connectivity index (χ2n) is 6.32. The number of benzene rings is 1. The van der Waals surface area contributed by atoms with Gasteiger partial charge in [-0.25, -0.2) is 0 Å². The molecule has 0 aliphatic rings. The Hall–Kier alpha value is -2.17. The summed E-state index contributed by atoms with van der Waals surface area (Å²) in [6, 6.07) is 5.07. The van der Waals surface area contributed by atoms with Gasteiger partial charge in [0.15, 0.2) is 5.96 Å². The van der Waals surface area contributed by atoms with Crippen molar-refractivity contribution in [3.05, 3.63) is 52.3 Å². The highest BCUT2D eigenvalue weighted by atomic mass is 127. The van der Waals surface area contributed by atoms with Gasteiger partial charge in [-0.3, -0.25) is 9.98 Å². The van der Waals surface area contributed by atoms with Crippen molar-refractivity contribution in [2.45, 2.75) is 40.5 Å². The van der Waals surface area contributed by atoms with Crippen LogP contribution in [0.3, 0.4) is 0 Å². The Morgan fingerprint density at radius 3 is 2.48 bits per heavy atom. The van der Waals surface area contributed by atoms with Crippen LogP contribution in [0.1, 0.15) is 27.9 Å². The van der Waals surface area contributed by atoms with Crippen LogP contribution < -0.4 is 20.1 Å². The average Bonchev–Trinajstić information content (AvgIpc) is 2.65. The van der Waals surface area contributed by atoms with E-state index >= 15 is 0 Å². The molecule has 9 heteroatoms. The van der Waals surface area contributed by atoms with E-state index in [2.05, 4.69) is 25.3 Å². The molecule has 0 aliphatic carbocycles. The van der Waals surface area contributed by atoms with Crippen molar-refractivity contribution >= 4 is 29.9 Å². The normalized spacial score (nSPS) is 11.1. The Balaban J connectivity index is 0.00000420. The second-order valence-corrected chi connectivity index (χ2v) is 6.32. The van der Waals surface area contributed by atoms with Gasteiger partial charge in [-0.15, -0.1) is 24.0 Å². The van der Waals surface area contributed by atoms with Gasteiger partial charge in [0, 0.05) is 36.5 Å². The Labute approximate surface area is 187 Å². The molecule has 1 aromatic carbocycles. The van der Waals surface area contributed by atoms with Crippen LogP contribution in [-0.2, 0) is 13.1 Å². The van der Waals surface area contributed by atoms with Crippen LogP contribution in [0.5, 0.6) is 11.5 Å². The summed E-state index contributed by atoms with van der Waals surface area (Å²) in [6.45, 7) is 3.64. The maximum Gasteiger partial charge on any atom is 0.387 e. The summed E-state index contributed by atoms with van der Waals surface area (Å²) in [7, 11) is 3.27. The minimum atomic E-state index is -2.87. The van der Waals surface area contributed by atoms with Crippen molar-refractivity contribution < 1.29 is 18.3 Å². The lowest BCUT2D eigenvalue weighted by Crippen LogP contribution is -2.36. The van der Waals surface area contributed by atoms with Crippen LogP contribution in [0.4, 0.5) is 8.78 Å². The molecule has 0 atom stereocenters. The van der Waals surface area contributed by atoms with Crippen LogP contribution in [0.25, 0.3) is 0 Å². The van der Waals surface area contributed by atoms with Crippen molar-refractivity contribution in [2.24, 2.45) is 4.99 Å². The summed E-state index contributed by atoms with van der Waals surface area (Å²) in [4.78, 5) is 8.61. The largest absolute Gasteiger partial charge is 0.496 e. The molecule has 0 aliphatic heterocycles.